The van der Waals surface area contributed by atoms with Crippen molar-refractivity contribution in [3.63, 3.8) is 0 Å². The predicted molar refractivity (Wildman–Crippen MR) is 106 cm³/mol. The molecule has 3 N–H and O–H groups in total. The van der Waals surface area contributed by atoms with Gasteiger partial charge in [0, 0.05) is 10.6 Å². The first-order valence-electron chi connectivity index (χ1n) is 8.09. The number of aromatic amines is 2. The van der Waals surface area contributed by atoms with Gasteiger partial charge in [-0.15, -0.1) is 0 Å². The Kier molecular flexibility index (Phi) is 5.42. The minimum Gasteiger partial charge on any atom is -0.507 e. The number of hydrogen-bond acceptors (Lipinski definition) is 5. The molecule has 0 aliphatic carbocycles. The molecule has 0 fully saturated rings. The molecule has 2 aromatic carbocycles. The van der Waals surface area contributed by atoms with Crippen molar-refractivity contribution >= 4 is 29.4 Å². The van der Waals surface area contributed by atoms with Crippen LogP contribution in [-0.4, -0.2) is 20.0 Å². The van der Waals surface area contributed by atoms with Gasteiger partial charge in [0.25, 0.3) is 0 Å². The number of halogens is 1. The number of phenols is 1. The minimum atomic E-state index is -1.11. The van der Waals surface area contributed by atoms with Crippen molar-refractivity contribution in [2.45, 2.75) is 6.42 Å². The molecular formula is C19H14ClN3O5. The highest BCUT2D eigenvalue weighted by atomic mass is 35.5. The molecule has 28 heavy (non-hydrogen) atoms. The zero-order chi connectivity index (χ0) is 20.3. The molecule has 142 valence electrons. The number of hydrogen-bond donors (Lipinski definition) is 3. The molecule has 3 rings (SSSR count). The molecule has 0 unspecified atom stereocenters. The van der Waals surface area contributed by atoms with Crippen LogP contribution in [0.2, 0.25) is 5.02 Å². The van der Waals surface area contributed by atoms with E-state index >= 15 is 0 Å². The van der Waals surface area contributed by atoms with Crippen LogP contribution in [0.15, 0.2) is 52.1 Å². The molecule has 9 heteroatoms. The Bertz CT molecular complexity index is 1200. The number of nitrogens with zero attached hydrogens (tertiary/aromatic N) is 1. The lowest BCUT2D eigenvalue weighted by Gasteiger charge is -2.07. The van der Waals surface area contributed by atoms with Gasteiger partial charge in [0.05, 0.1) is 4.92 Å². The quantitative estimate of drug-likeness (QED) is 0.448. The molecule has 0 amide bonds. The summed E-state index contributed by atoms with van der Waals surface area (Å²) in [7, 11) is 0. The molecule has 0 aliphatic heterocycles. The van der Waals surface area contributed by atoms with Crippen molar-refractivity contribution in [3.8, 4) is 5.75 Å². The summed E-state index contributed by atoms with van der Waals surface area (Å²) < 4.78 is 0. The lowest BCUT2D eigenvalue weighted by molar-refractivity contribution is -0.386. The summed E-state index contributed by atoms with van der Waals surface area (Å²) in [5.74, 6) is -0.0611. The minimum absolute atomic E-state index is 0.0611. The molecule has 8 nitrogen and oxygen atoms in total. The molecule has 0 atom stereocenters. The molecule has 0 spiro atoms. The Balaban J connectivity index is 1.97. The number of aromatic hydroxyl groups is 1. The van der Waals surface area contributed by atoms with Gasteiger partial charge in [-0.25, -0.2) is 4.79 Å². The van der Waals surface area contributed by atoms with E-state index in [4.69, 9.17) is 11.6 Å². The maximum Gasteiger partial charge on any atom is 0.357 e. The summed E-state index contributed by atoms with van der Waals surface area (Å²) in [6, 6.07) is 12.3. The summed E-state index contributed by atoms with van der Waals surface area (Å²) >= 11 is 6.17. The molecule has 0 radical (unpaired) electrons. The van der Waals surface area contributed by atoms with Crippen LogP contribution in [0.25, 0.3) is 12.2 Å². The summed E-state index contributed by atoms with van der Waals surface area (Å²) in [5, 5.41) is 21.8. The topological polar surface area (TPSA) is 129 Å². The van der Waals surface area contributed by atoms with Crippen LogP contribution in [0.1, 0.15) is 22.4 Å². The number of rotatable bonds is 5. The molecule has 3 aromatic rings. The van der Waals surface area contributed by atoms with Crippen molar-refractivity contribution < 1.29 is 10.0 Å². The molecular weight excluding hydrogens is 386 g/mol. The highest BCUT2D eigenvalue weighted by molar-refractivity contribution is 6.31. The lowest BCUT2D eigenvalue weighted by Crippen LogP contribution is -2.25. The van der Waals surface area contributed by atoms with E-state index in [2.05, 4.69) is 4.98 Å². The third-order valence-electron chi connectivity index (χ3n) is 4.00. The number of nitrogens with one attached hydrogen (secondary N) is 2. The van der Waals surface area contributed by atoms with Crippen molar-refractivity contribution in [3.05, 3.63) is 101 Å². The normalized spacial score (nSPS) is 11.0. The molecule has 0 aliphatic rings. The standard InChI is InChI=1S/C19H14ClN3O5/c20-14-4-2-1-3-12(14)9-11-5-8-16(24)13(10-11)6-7-15-17(23(27)28)18(25)22-19(26)21-15/h1-8,10,24H,9H2,(H2,21,22,25,26)/b7-6+. The number of benzene rings is 2. The fourth-order valence-corrected chi connectivity index (χ4v) is 2.88. The van der Waals surface area contributed by atoms with Crippen molar-refractivity contribution in [1.82, 2.24) is 9.97 Å². The van der Waals surface area contributed by atoms with E-state index in [1.54, 1.807) is 18.2 Å². The second-order valence-electron chi connectivity index (χ2n) is 5.92. The van der Waals surface area contributed by atoms with E-state index in [1.165, 1.54) is 18.2 Å². The van der Waals surface area contributed by atoms with Crippen LogP contribution in [0.5, 0.6) is 5.75 Å². The van der Waals surface area contributed by atoms with E-state index in [0.717, 1.165) is 11.1 Å². The summed E-state index contributed by atoms with van der Waals surface area (Å²) in [4.78, 5) is 37.3. The average molecular weight is 400 g/mol. The SMILES string of the molecule is O=c1[nH]c(/C=C/c2cc(Cc3ccccc3Cl)ccc2O)c([N+](=O)[O-])c(=O)[nH]1. The number of aromatic nitrogens is 2. The first-order valence-corrected chi connectivity index (χ1v) is 8.47. The summed E-state index contributed by atoms with van der Waals surface area (Å²) in [6.45, 7) is 0. The highest BCUT2D eigenvalue weighted by Crippen LogP contribution is 2.25. The Labute approximate surface area is 162 Å². The predicted octanol–water partition coefficient (Wildman–Crippen LogP) is 3.09. The van der Waals surface area contributed by atoms with Crippen LogP contribution in [0.3, 0.4) is 0 Å². The zero-order valence-electron chi connectivity index (χ0n) is 14.3. The maximum absolute atomic E-state index is 11.7. The summed E-state index contributed by atoms with van der Waals surface area (Å²) in [6.07, 6.45) is 3.09. The fourth-order valence-electron chi connectivity index (χ4n) is 2.68. The average Bonchev–Trinajstić information content (AvgIpc) is 2.63. The second-order valence-corrected chi connectivity index (χ2v) is 6.33. The Hall–Kier alpha value is -3.65. The van der Waals surface area contributed by atoms with Crippen LogP contribution < -0.4 is 11.2 Å². The molecule has 0 bridgehead atoms. The Morgan fingerprint density at radius 1 is 1.11 bits per heavy atom. The zero-order valence-corrected chi connectivity index (χ0v) is 15.1. The highest BCUT2D eigenvalue weighted by Gasteiger charge is 2.18. The molecule has 1 heterocycles. The van der Waals surface area contributed by atoms with Crippen LogP contribution >= 0.6 is 11.6 Å². The van der Waals surface area contributed by atoms with Gasteiger partial charge in [-0.3, -0.25) is 19.9 Å². The Morgan fingerprint density at radius 3 is 2.57 bits per heavy atom. The van der Waals surface area contributed by atoms with Gasteiger partial charge in [0.2, 0.25) is 0 Å². The van der Waals surface area contributed by atoms with E-state index in [9.17, 15) is 24.8 Å². The monoisotopic (exact) mass is 399 g/mol. The number of phenolic OH excluding ortho intramolecular Hbond substituents is 1. The maximum atomic E-state index is 11.7. The van der Waals surface area contributed by atoms with Gasteiger partial charge in [0.15, 0.2) is 0 Å². The second kappa shape index (κ2) is 7.93. The van der Waals surface area contributed by atoms with E-state index < -0.39 is 21.9 Å². The lowest BCUT2D eigenvalue weighted by atomic mass is 10.0. The fraction of sp³-hybridized carbons (Fsp3) is 0.0526. The van der Waals surface area contributed by atoms with Gasteiger partial charge in [-0.2, -0.15) is 0 Å². The number of nitro groups is 1. The van der Waals surface area contributed by atoms with E-state index in [0.29, 0.717) is 17.0 Å². The Morgan fingerprint density at radius 2 is 1.86 bits per heavy atom. The molecule has 0 saturated heterocycles. The van der Waals surface area contributed by atoms with Gasteiger partial charge in [0.1, 0.15) is 11.4 Å². The summed E-state index contributed by atoms with van der Waals surface area (Å²) in [5.41, 5.74) is -0.923. The third-order valence-corrected chi connectivity index (χ3v) is 4.37. The van der Waals surface area contributed by atoms with Crippen molar-refractivity contribution in [1.29, 1.82) is 0 Å². The third kappa shape index (κ3) is 4.18. The number of H-pyrrole nitrogens is 2. The van der Waals surface area contributed by atoms with Gasteiger partial charge in [-0.1, -0.05) is 35.9 Å². The van der Waals surface area contributed by atoms with Crippen LogP contribution in [0.4, 0.5) is 5.69 Å². The molecule has 1 aromatic heterocycles. The van der Waals surface area contributed by atoms with E-state index in [1.807, 2.05) is 23.2 Å². The van der Waals surface area contributed by atoms with E-state index in [-0.39, 0.29) is 11.4 Å². The van der Waals surface area contributed by atoms with Crippen molar-refractivity contribution in [2.75, 3.05) is 0 Å². The van der Waals surface area contributed by atoms with Gasteiger partial charge >= 0.3 is 16.9 Å². The smallest absolute Gasteiger partial charge is 0.357 e. The van der Waals surface area contributed by atoms with Crippen LogP contribution in [-0.2, 0) is 6.42 Å². The van der Waals surface area contributed by atoms with Crippen molar-refractivity contribution in [2.24, 2.45) is 0 Å². The molecule has 0 saturated carbocycles. The van der Waals surface area contributed by atoms with Crippen LogP contribution in [0, 0.1) is 10.1 Å². The first kappa shape index (κ1) is 19.1. The largest absolute Gasteiger partial charge is 0.507 e. The van der Waals surface area contributed by atoms with Gasteiger partial charge < -0.3 is 10.1 Å². The van der Waals surface area contributed by atoms with Gasteiger partial charge in [-0.05, 0) is 47.9 Å². The first-order chi connectivity index (χ1) is 13.3.